The number of aromatic carboxylic acids is 1. The molecule has 5 nitrogen and oxygen atoms in total. The van der Waals surface area contributed by atoms with Gasteiger partial charge in [0.15, 0.2) is 0 Å². The minimum Gasteiger partial charge on any atom is -0.478 e. The lowest BCUT2D eigenvalue weighted by Crippen LogP contribution is -2.29. The van der Waals surface area contributed by atoms with Gasteiger partial charge in [-0.15, -0.1) is 0 Å². The van der Waals surface area contributed by atoms with Gasteiger partial charge in [-0.3, -0.25) is 0 Å². The second-order valence-corrected chi connectivity index (χ2v) is 4.68. The van der Waals surface area contributed by atoms with Crippen LogP contribution in [0.1, 0.15) is 34.9 Å². The predicted molar refractivity (Wildman–Crippen MR) is 67.0 cm³/mol. The fourth-order valence-electron chi connectivity index (χ4n) is 2.53. The van der Waals surface area contributed by atoms with Crippen molar-refractivity contribution in [2.75, 3.05) is 13.1 Å². The highest BCUT2D eigenvalue weighted by Crippen LogP contribution is 2.23. The number of fused-ring (bicyclic) bond motifs is 1. The molecule has 0 aromatic carbocycles. The van der Waals surface area contributed by atoms with Gasteiger partial charge in [0.2, 0.25) is 0 Å². The molecule has 0 saturated carbocycles. The summed E-state index contributed by atoms with van der Waals surface area (Å²) in [6, 6.07) is 3.28. The first-order valence-corrected chi connectivity index (χ1v) is 6.17. The molecule has 3 heterocycles. The lowest BCUT2D eigenvalue weighted by molar-refractivity contribution is 0.0697. The average Bonchev–Trinajstić information content (AvgIpc) is 2.82. The number of carbonyl (C=O) groups is 1. The topological polar surface area (TPSA) is 66.6 Å². The van der Waals surface area contributed by atoms with Crippen molar-refractivity contribution in [3.63, 3.8) is 0 Å². The fourth-order valence-corrected chi connectivity index (χ4v) is 2.53. The summed E-state index contributed by atoms with van der Waals surface area (Å²) < 4.78 is 1.99. The van der Waals surface area contributed by atoms with Gasteiger partial charge in [0.05, 0.1) is 17.3 Å². The van der Waals surface area contributed by atoms with E-state index in [1.54, 1.807) is 24.5 Å². The first-order valence-electron chi connectivity index (χ1n) is 6.17. The number of hydrogen-bond donors (Lipinski definition) is 2. The standard InChI is InChI=1S/C13H15N3O2/c17-13(18)9-3-5-16-11(6-9)8-15-12(16)10-2-1-4-14-7-10/h3,5-6,8,10,14H,1-2,4,7H2,(H,17,18). The highest BCUT2D eigenvalue weighted by Gasteiger charge is 2.19. The zero-order valence-corrected chi connectivity index (χ0v) is 9.97. The normalized spacial score (nSPS) is 20.1. The minimum atomic E-state index is -0.903. The van der Waals surface area contributed by atoms with Crippen molar-refractivity contribution < 1.29 is 9.90 Å². The van der Waals surface area contributed by atoms with E-state index >= 15 is 0 Å². The second-order valence-electron chi connectivity index (χ2n) is 4.68. The van der Waals surface area contributed by atoms with Crippen LogP contribution in [0.15, 0.2) is 24.5 Å². The predicted octanol–water partition coefficient (Wildman–Crippen LogP) is 1.50. The smallest absolute Gasteiger partial charge is 0.335 e. The third-order valence-electron chi connectivity index (χ3n) is 3.47. The van der Waals surface area contributed by atoms with Crippen LogP contribution in [0.5, 0.6) is 0 Å². The summed E-state index contributed by atoms with van der Waals surface area (Å²) in [5.74, 6) is 0.533. The molecule has 18 heavy (non-hydrogen) atoms. The van der Waals surface area contributed by atoms with Crippen LogP contribution in [-0.2, 0) is 0 Å². The van der Waals surface area contributed by atoms with Gasteiger partial charge in [0.25, 0.3) is 0 Å². The van der Waals surface area contributed by atoms with Crippen molar-refractivity contribution in [1.82, 2.24) is 14.7 Å². The molecule has 1 aliphatic rings. The van der Waals surface area contributed by atoms with E-state index in [4.69, 9.17) is 5.11 Å². The Morgan fingerprint density at radius 3 is 3.17 bits per heavy atom. The number of piperidine rings is 1. The number of imidazole rings is 1. The number of carboxylic acid groups (broad SMARTS) is 1. The van der Waals surface area contributed by atoms with Crippen molar-refractivity contribution in [3.05, 3.63) is 35.9 Å². The van der Waals surface area contributed by atoms with Crippen LogP contribution in [0.3, 0.4) is 0 Å². The number of rotatable bonds is 2. The van der Waals surface area contributed by atoms with Gasteiger partial charge in [0.1, 0.15) is 5.82 Å². The Balaban J connectivity index is 2.01. The first-order chi connectivity index (χ1) is 8.75. The zero-order valence-electron chi connectivity index (χ0n) is 9.97. The van der Waals surface area contributed by atoms with Crippen molar-refractivity contribution in [2.45, 2.75) is 18.8 Å². The summed E-state index contributed by atoms with van der Waals surface area (Å²) >= 11 is 0. The van der Waals surface area contributed by atoms with Gasteiger partial charge < -0.3 is 14.8 Å². The largest absolute Gasteiger partial charge is 0.478 e. The first kappa shape index (κ1) is 11.2. The van der Waals surface area contributed by atoms with E-state index in [1.165, 1.54) is 0 Å². The molecule has 1 aliphatic heterocycles. The SMILES string of the molecule is O=C(O)c1ccn2c(C3CCCNC3)ncc2c1. The van der Waals surface area contributed by atoms with E-state index < -0.39 is 5.97 Å². The van der Waals surface area contributed by atoms with Crippen LogP contribution < -0.4 is 5.32 Å². The highest BCUT2D eigenvalue weighted by molar-refractivity contribution is 5.88. The summed E-state index contributed by atoms with van der Waals surface area (Å²) in [4.78, 5) is 15.4. The molecular weight excluding hydrogens is 230 g/mol. The van der Waals surface area contributed by atoms with E-state index in [1.807, 2.05) is 4.40 Å². The number of nitrogens with one attached hydrogen (secondary N) is 1. The molecule has 0 spiro atoms. The fraction of sp³-hybridized carbons (Fsp3) is 0.385. The summed E-state index contributed by atoms with van der Waals surface area (Å²) in [5.41, 5.74) is 1.14. The maximum absolute atomic E-state index is 10.9. The molecule has 2 N–H and O–H groups in total. The summed E-state index contributed by atoms with van der Waals surface area (Å²) in [6.45, 7) is 2.02. The Bertz CT molecular complexity index is 585. The molecule has 94 valence electrons. The molecule has 1 fully saturated rings. The molecule has 0 radical (unpaired) electrons. The van der Waals surface area contributed by atoms with Gasteiger partial charge >= 0.3 is 5.97 Å². The number of aromatic nitrogens is 2. The lowest BCUT2D eigenvalue weighted by Gasteiger charge is -2.21. The van der Waals surface area contributed by atoms with Gasteiger partial charge in [-0.25, -0.2) is 9.78 Å². The van der Waals surface area contributed by atoms with E-state index in [0.717, 1.165) is 37.3 Å². The molecule has 0 bridgehead atoms. The third kappa shape index (κ3) is 1.86. The van der Waals surface area contributed by atoms with E-state index in [9.17, 15) is 4.79 Å². The molecule has 0 amide bonds. The van der Waals surface area contributed by atoms with Crippen LogP contribution >= 0.6 is 0 Å². The monoisotopic (exact) mass is 245 g/mol. The highest BCUT2D eigenvalue weighted by atomic mass is 16.4. The van der Waals surface area contributed by atoms with Gasteiger partial charge in [-0.05, 0) is 31.5 Å². The second kappa shape index (κ2) is 4.42. The maximum atomic E-state index is 10.9. The molecule has 5 heteroatoms. The van der Waals surface area contributed by atoms with Gasteiger partial charge in [-0.1, -0.05) is 0 Å². The van der Waals surface area contributed by atoms with E-state index in [-0.39, 0.29) is 0 Å². The molecule has 3 rings (SSSR count). The summed E-state index contributed by atoms with van der Waals surface area (Å²) in [7, 11) is 0. The molecule has 2 aromatic rings. The minimum absolute atomic E-state index is 0.302. The van der Waals surface area contributed by atoms with Crippen molar-refractivity contribution >= 4 is 11.5 Å². The molecule has 2 aromatic heterocycles. The number of carboxylic acids is 1. The number of hydrogen-bond acceptors (Lipinski definition) is 3. The molecule has 1 saturated heterocycles. The van der Waals surface area contributed by atoms with Gasteiger partial charge in [0, 0.05) is 18.7 Å². The van der Waals surface area contributed by atoms with Crippen LogP contribution in [-0.4, -0.2) is 33.6 Å². The Morgan fingerprint density at radius 1 is 1.56 bits per heavy atom. The van der Waals surface area contributed by atoms with Crippen molar-refractivity contribution in [3.8, 4) is 0 Å². The zero-order chi connectivity index (χ0) is 12.5. The third-order valence-corrected chi connectivity index (χ3v) is 3.47. The Kier molecular flexibility index (Phi) is 2.76. The van der Waals surface area contributed by atoms with Crippen LogP contribution in [0.25, 0.3) is 5.52 Å². The molecular formula is C13H15N3O2. The van der Waals surface area contributed by atoms with Gasteiger partial charge in [-0.2, -0.15) is 0 Å². The Hall–Kier alpha value is -1.88. The van der Waals surface area contributed by atoms with E-state index in [2.05, 4.69) is 10.3 Å². The van der Waals surface area contributed by atoms with Crippen molar-refractivity contribution in [2.24, 2.45) is 0 Å². The van der Waals surface area contributed by atoms with Crippen molar-refractivity contribution in [1.29, 1.82) is 0 Å². The summed E-state index contributed by atoms with van der Waals surface area (Å²) in [5, 5.41) is 12.3. The Morgan fingerprint density at radius 2 is 2.44 bits per heavy atom. The Labute approximate surface area is 104 Å². The lowest BCUT2D eigenvalue weighted by atomic mass is 9.99. The summed E-state index contributed by atoms with van der Waals surface area (Å²) in [6.07, 6.45) is 5.84. The number of pyridine rings is 1. The average molecular weight is 245 g/mol. The van der Waals surface area contributed by atoms with Crippen LogP contribution in [0, 0.1) is 0 Å². The maximum Gasteiger partial charge on any atom is 0.335 e. The van der Waals surface area contributed by atoms with Crippen LogP contribution in [0.4, 0.5) is 0 Å². The van der Waals surface area contributed by atoms with E-state index in [0.29, 0.717) is 11.5 Å². The molecule has 1 unspecified atom stereocenters. The molecule has 1 atom stereocenters. The molecule has 0 aliphatic carbocycles. The van der Waals surface area contributed by atoms with Crippen LogP contribution in [0.2, 0.25) is 0 Å². The quantitative estimate of drug-likeness (QED) is 0.841. The number of nitrogens with zero attached hydrogens (tertiary/aromatic N) is 2.